The van der Waals surface area contributed by atoms with Gasteiger partial charge in [-0.3, -0.25) is 0 Å². The molecule has 1 heterocycles. The zero-order valence-electron chi connectivity index (χ0n) is 16.6. The van der Waals surface area contributed by atoms with E-state index < -0.39 is 6.10 Å². The third kappa shape index (κ3) is 4.42. The van der Waals surface area contributed by atoms with Crippen molar-refractivity contribution in [3.63, 3.8) is 0 Å². The Hall–Kier alpha value is -2.25. The van der Waals surface area contributed by atoms with Gasteiger partial charge < -0.3 is 25.2 Å². The van der Waals surface area contributed by atoms with Crippen molar-refractivity contribution in [2.75, 3.05) is 26.1 Å². The molecule has 1 aliphatic carbocycles. The van der Waals surface area contributed by atoms with Crippen LogP contribution >= 0.6 is 11.3 Å². The molecule has 0 aliphatic heterocycles. The van der Waals surface area contributed by atoms with Gasteiger partial charge in [0.2, 0.25) is 0 Å². The van der Waals surface area contributed by atoms with E-state index in [-0.39, 0.29) is 11.4 Å². The second-order valence-electron chi connectivity index (χ2n) is 7.24. The first-order valence-corrected chi connectivity index (χ1v) is 10.3. The van der Waals surface area contributed by atoms with Gasteiger partial charge in [0, 0.05) is 27.8 Å². The zero-order valence-corrected chi connectivity index (χ0v) is 17.4. The lowest BCUT2D eigenvalue weighted by atomic mass is 9.84. The number of urea groups is 1. The Bertz CT molecular complexity index is 812. The fourth-order valence-corrected chi connectivity index (χ4v) is 4.93. The molecule has 0 bridgehead atoms. The number of anilines is 1. The molecule has 1 unspecified atom stereocenters. The van der Waals surface area contributed by atoms with E-state index in [1.54, 1.807) is 50.7 Å². The molecule has 0 saturated heterocycles. The molecule has 1 saturated carbocycles. The number of hydrogen-bond donors (Lipinski definition) is 3. The summed E-state index contributed by atoms with van der Waals surface area (Å²) in [6, 6.07) is 9.10. The monoisotopic (exact) mass is 404 g/mol. The van der Waals surface area contributed by atoms with Crippen LogP contribution in [0.5, 0.6) is 11.5 Å². The number of hydrogen-bond acceptors (Lipinski definition) is 5. The smallest absolute Gasteiger partial charge is 0.319 e. The summed E-state index contributed by atoms with van der Waals surface area (Å²) in [7, 11) is 3.14. The molecule has 2 aromatic rings. The highest BCUT2D eigenvalue weighted by Gasteiger charge is 2.37. The highest BCUT2D eigenvalue weighted by atomic mass is 32.1. The van der Waals surface area contributed by atoms with E-state index in [9.17, 15) is 9.90 Å². The summed E-state index contributed by atoms with van der Waals surface area (Å²) in [6.45, 7) is 2.35. The van der Waals surface area contributed by atoms with Gasteiger partial charge in [0.05, 0.1) is 26.0 Å². The quantitative estimate of drug-likeness (QED) is 0.637. The number of nitrogens with one attached hydrogen (secondary N) is 2. The van der Waals surface area contributed by atoms with E-state index in [0.29, 0.717) is 23.7 Å². The minimum atomic E-state index is -0.462. The molecule has 1 aromatic carbocycles. The van der Waals surface area contributed by atoms with Crippen LogP contribution in [0, 0.1) is 0 Å². The normalized spacial score (nSPS) is 16.4. The maximum absolute atomic E-state index is 12.5. The molecular formula is C21H28N2O4S. The van der Waals surface area contributed by atoms with Crippen molar-refractivity contribution < 1.29 is 19.4 Å². The van der Waals surface area contributed by atoms with Gasteiger partial charge in [-0.2, -0.15) is 0 Å². The minimum Gasteiger partial charge on any atom is -0.497 e. The van der Waals surface area contributed by atoms with Crippen molar-refractivity contribution in [1.82, 2.24) is 5.32 Å². The van der Waals surface area contributed by atoms with Gasteiger partial charge >= 0.3 is 6.03 Å². The van der Waals surface area contributed by atoms with Crippen LogP contribution in [0.25, 0.3) is 0 Å². The van der Waals surface area contributed by atoms with Gasteiger partial charge in [-0.1, -0.05) is 12.8 Å². The van der Waals surface area contributed by atoms with E-state index in [1.165, 1.54) is 4.88 Å². The number of benzene rings is 1. The van der Waals surface area contributed by atoms with Crippen LogP contribution in [0.2, 0.25) is 0 Å². The van der Waals surface area contributed by atoms with Crippen LogP contribution in [0.3, 0.4) is 0 Å². The molecule has 1 aliphatic rings. The van der Waals surface area contributed by atoms with E-state index >= 15 is 0 Å². The lowest BCUT2D eigenvalue weighted by molar-refractivity contribution is 0.203. The summed E-state index contributed by atoms with van der Waals surface area (Å²) in [5, 5.41) is 15.7. The number of carbonyl (C=O) groups excluding carboxylic acids is 1. The van der Waals surface area contributed by atoms with E-state index in [4.69, 9.17) is 9.47 Å². The Labute approximate surface area is 169 Å². The Morgan fingerprint density at radius 2 is 1.96 bits per heavy atom. The van der Waals surface area contributed by atoms with Crippen LogP contribution in [-0.4, -0.2) is 31.9 Å². The van der Waals surface area contributed by atoms with Gasteiger partial charge in [-0.25, -0.2) is 4.79 Å². The number of carbonyl (C=O) groups is 1. The zero-order chi connectivity index (χ0) is 20.1. The Kier molecular flexibility index (Phi) is 6.46. The number of rotatable bonds is 7. The molecule has 3 N–H and O–H groups in total. The van der Waals surface area contributed by atoms with E-state index in [0.717, 1.165) is 30.6 Å². The first-order valence-electron chi connectivity index (χ1n) is 9.52. The van der Waals surface area contributed by atoms with Gasteiger partial charge in [0.25, 0.3) is 0 Å². The lowest BCUT2D eigenvalue weighted by Crippen LogP contribution is -2.40. The molecule has 3 rings (SSSR count). The maximum atomic E-state index is 12.5. The summed E-state index contributed by atoms with van der Waals surface area (Å²) < 4.78 is 10.5. The summed E-state index contributed by atoms with van der Waals surface area (Å²) in [4.78, 5) is 14.7. The molecular weight excluding hydrogens is 376 g/mol. The molecule has 1 aromatic heterocycles. The van der Waals surface area contributed by atoms with Crippen molar-refractivity contribution in [1.29, 1.82) is 0 Å². The highest BCUT2D eigenvalue weighted by molar-refractivity contribution is 7.12. The minimum absolute atomic E-state index is 0.0564. The van der Waals surface area contributed by atoms with Gasteiger partial charge in [-0.05, 0) is 44.0 Å². The van der Waals surface area contributed by atoms with Crippen LogP contribution in [-0.2, 0) is 5.41 Å². The SMILES string of the molecule is COc1ccc(NC(=O)NCC2(c3ccc(C(C)O)s3)CCCC2)c(OC)c1. The van der Waals surface area contributed by atoms with Crippen molar-refractivity contribution in [3.8, 4) is 11.5 Å². The number of ether oxygens (including phenoxy) is 2. The summed E-state index contributed by atoms with van der Waals surface area (Å²) in [5.41, 5.74) is 0.535. The number of thiophene rings is 1. The molecule has 0 radical (unpaired) electrons. The molecule has 1 atom stereocenters. The van der Waals surface area contributed by atoms with E-state index in [2.05, 4.69) is 16.7 Å². The Morgan fingerprint density at radius 3 is 2.57 bits per heavy atom. The topological polar surface area (TPSA) is 79.8 Å². The fraction of sp³-hybridized carbons (Fsp3) is 0.476. The number of aliphatic hydroxyl groups is 1. The molecule has 0 spiro atoms. The molecule has 7 heteroatoms. The largest absolute Gasteiger partial charge is 0.497 e. The molecule has 6 nitrogen and oxygen atoms in total. The second kappa shape index (κ2) is 8.84. The standard InChI is InChI=1S/C21H28N2O4S/c1-14(24)18-8-9-19(28-18)21(10-4-5-11-21)13-22-20(25)23-16-7-6-15(26-2)12-17(16)27-3/h6-9,12,14,24H,4-5,10-11,13H2,1-3H3,(H2,22,23,25). The van der Waals surface area contributed by atoms with Crippen LogP contribution < -0.4 is 20.1 Å². The highest BCUT2D eigenvalue weighted by Crippen LogP contribution is 2.44. The summed E-state index contributed by atoms with van der Waals surface area (Å²) in [6.07, 6.45) is 3.92. The second-order valence-corrected chi connectivity index (χ2v) is 8.35. The third-order valence-electron chi connectivity index (χ3n) is 5.37. The molecule has 1 fully saturated rings. The molecule has 2 amide bonds. The fourth-order valence-electron chi connectivity index (χ4n) is 3.74. The Morgan fingerprint density at radius 1 is 1.21 bits per heavy atom. The van der Waals surface area contributed by atoms with E-state index in [1.807, 2.05) is 6.07 Å². The molecule has 28 heavy (non-hydrogen) atoms. The van der Waals surface area contributed by atoms with Gasteiger partial charge in [0.15, 0.2) is 0 Å². The lowest BCUT2D eigenvalue weighted by Gasteiger charge is -2.28. The maximum Gasteiger partial charge on any atom is 0.319 e. The van der Waals surface area contributed by atoms with Crippen LogP contribution in [0.4, 0.5) is 10.5 Å². The van der Waals surface area contributed by atoms with Gasteiger partial charge in [-0.15, -0.1) is 11.3 Å². The first kappa shape index (κ1) is 20.5. The summed E-state index contributed by atoms with van der Waals surface area (Å²) >= 11 is 1.65. The van der Waals surface area contributed by atoms with Crippen LogP contribution in [0.1, 0.15) is 48.5 Å². The van der Waals surface area contributed by atoms with Crippen molar-refractivity contribution in [2.45, 2.75) is 44.1 Å². The Balaban J connectivity index is 1.68. The average Bonchev–Trinajstić information content (AvgIpc) is 3.37. The number of aliphatic hydroxyl groups excluding tert-OH is 1. The third-order valence-corrected chi connectivity index (χ3v) is 6.87. The molecule has 152 valence electrons. The predicted molar refractivity (Wildman–Crippen MR) is 112 cm³/mol. The number of amides is 2. The predicted octanol–water partition coefficient (Wildman–Crippen LogP) is 4.45. The van der Waals surface area contributed by atoms with Crippen LogP contribution in [0.15, 0.2) is 30.3 Å². The van der Waals surface area contributed by atoms with Crippen molar-refractivity contribution in [2.24, 2.45) is 0 Å². The van der Waals surface area contributed by atoms with Crippen molar-refractivity contribution >= 4 is 23.1 Å². The average molecular weight is 405 g/mol. The summed E-state index contributed by atoms with van der Waals surface area (Å²) in [5.74, 6) is 1.21. The van der Waals surface area contributed by atoms with Gasteiger partial charge in [0.1, 0.15) is 11.5 Å². The first-order chi connectivity index (χ1) is 13.5. The number of methoxy groups -OCH3 is 2. The van der Waals surface area contributed by atoms with Crippen molar-refractivity contribution in [3.05, 3.63) is 40.1 Å².